The normalized spacial score (nSPS) is 12.2. The van der Waals surface area contributed by atoms with Crippen molar-refractivity contribution in [1.29, 1.82) is 0 Å². The lowest BCUT2D eigenvalue weighted by Gasteiger charge is -2.23. The SMILES string of the molecule is Cc1cc(C)c(C(CO)Nc2ccccc2C)c(C)c1. The summed E-state index contributed by atoms with van der Waals surface area (Å²) in [5.74, 6) is 0. The minimum Gasteiger partial charge on any atom is -0.394 e. The van der Waals surface area contributed by atoms with E-state index >= 15 is 0 Å². The van der Waals surface area contributed by atoms with E-state index in [4.69, 9.17) is 0 Å². The molecule has 0 fully saturated rings. The molecule has 2 nitrogen and oxygen atoms in total. The van der Waals surface area contributed by atoms with Gasteiger partial charge < -0.3 is 10.4 Å². The van der Waals surface area contributed by atoms with Crippen LogP contribution in [0.2, 0.25) is 0 Å². The van der Waals surface area contributed by atoms with Gasteiger partial charge in [-0.1, -0.05) is 35.9 Å². The van der Waals surface area contributed by atoms with Crippen LogP contribution in [-0.4, -0.2) is 11.7 Å². The summed E-state index contributed by atoms with van der Waals surface area (Å²) in [6.45, 7) is 8.48. The fraction of sp³-hybridized carbons (Fsp3) is 0.333. The Kier molecular flexibility index (Phi) is 4.46. The predicted molar refractivity (Wildman–Crippen MR) is 85.3 cm³/mol. The van der Waals surface area contributed by atoms with E-state index in [0.29, 0.717) is 0 Å². The molecule has 2 N–H and O–H groups in total. The summed E-state index contributed by atoms with van der Waals surface area (Å²) in [6.07, 6.45) is 0. The maximum absolute atomic E-state index is 9.79. The number of hydrogen-bond acceptors (Lipinski definition) is 2. The second-order valence-corrected chi connectivity index (χ2v) is 5.51. The Labute approximate surface area is 121 Å². The Hall–Kier alpha value is -1.80. The number of rotatable bonds is 4. The first-order valence-corrected chi connectivity index (χ1v) is 7.03. The molecule has 1 unspecified atom stereocenters. The Morgan fingerprint density at radius 3 is 2.10 bits per heavy atom. The summed E-state index contributed by atoms with van der Waals surface area (Å²) in [5, 5.41) is 13.3. The Balaban J connectivity index is 2.37. The number of benzene rings is 2. The van der Waals surface area contributed by atoms with Gasteiger partial charge in [-0.05, 0) is 56.0 Å². The Morgan fingerprint density at radius 2 is 1.55 bits per heavy atom. The molecule has 106 valence electrons. The number of aliphatic hydroxyl groups is 1. The first kappa shape index (κ1) is 14.6. The summed E-state index contributed by atoms with van der Waals surface area (Å²) in [7, 11) is 0. The average Bonchev–Trinajstić information content (AvgIpc) is 2.38. The summed E-state index contributed by atoms with van der Waals surface area (Å²) in [4.78, 5) is 0. The maximum Gasteiger partial charge on any atom is 0.0750 e. The number of aryl methyl sites for hydroxylation is 4. The van der Waals surface area contributed by atoms with E-state index < -0.39 is 0 Å². The topological polar surface area (TPSA) is 32.3 Å². The van der Waals surface area contributed by atoms with Gasteiger partial charge in [0, 0.05) is 5.69 Å². The highest BCUT2D eigenvalue weighted by Gasteiger charge is 2.16. The lowest BCUT2D eigenvalue weighted by Crippen LogP contribution is -2.18. The van der Waals surface area contributed by atoms with Gasteiger partial charge in [-0.25, -0.2) is 0 Å². The van der Waals surface area contributed by atoms with Crippen LogP contribution in [-0.2, 0) is 0 Å². The number of para-hydroxylation sites is 1. The highest BCUT2D eigenvalue weighted by molar-refractivity contribution is 5.53. The molecule has 20 heavy (non-hydrogen) atoms. The van der Waals surface area contributed by atoms with Crippen LogP contribution in [0.5, 0.6) is 0 Å². The van der Waals surface area contributed by atoms with Gasteiger partial charge in [0.05, 0.1) is 12.6 Å². The largest absolute Gasteiger partial charge is 0.394 e. The molecule has 0 aliphatic carbocycles. The molecule has 2 rings (SSSR count). The lowest BCUT2D eigenvalue weighted by atomic mass is 9.94. The van der Waals surface area contributed by atoms with Crippen molar-refractivity contribution in [2.75, 3.05) is 11.9 Å². The Bertz CT molecular complexity index is 581. The van der Waals surface area contributed by atoms with Crippen LogP contribution in [0.4, 0.5) is 5.69 Å². The van der Waals surface area contributed by atoms with Crippen molar-refractivity contribution in [3.63, 3.8) is 0 Å². The van der Waals surface area contributed by atoms with Crippen LogP contribution in [0.3, 0.4) is 0 Å². The number of hydrogen-bond donors (Lipinski definition) is 2. The van der Waals surface area contributed by atoms with Crippen molar-refractivity contribution in [2.45, 2.75) is 33.7 Å². The molecular formula is C18H23NO. The van der Waals surface area contributed by atoms with Gasteiger partial charge in [0.1, 0.15) is 0 Å². The monoisotopic (exact) mass is 269 g/mol. The maximum atomic E-state index is 9.79. The van der Waals surface area contributed by atoms with Crippen LogP contribution >= 0.6 is 0 Å². The van der Waals surface area contributed by atoms with Gasteiger partial charge in [0.25, 0.3) is 0 Å². The molecular weight excluding hydrogens is 246 g/mol. The van der Waals surface area contributed by atoms with Crippen molar-refractivity contribution in [1.82, 2.24) is 0 Å². The van der Waals surface area contributed by atoms with Crippen LogP contribution < -0.4 is 5.32 Å². The molecule has 0 amide bonds. The third-order valence-corrected chi connectivity index (χ3v) is 3.74. The quantitative estimate of drug-likeness (QED) is 0.877. The van der Waals surface area contributed by atoms with Crippen molar-refractivity contribution < 1.29 is 5.11 Å². The van der Waals surface area contributed by atoms with Crippen LogP contribution in [0.25, 0.3) is 0 Å². The van der Waals surface area contributed by atoms with Crippen molar-refractivity contribution in [3.05, 3.63) is 64.2 Å². The summed E-state index contributed by atoms with van der Waals surface area (Å²) >= 11 is 0. The van der Waals surface area contributed by atoms with E-state index in [9.17, 15) is 5.11 Å². The molecule has 0 spiro atoms. The van der Waals surface area contributed by atoms with Gasteiger partial charge in [-0.15, -0.1) is 0 Å². The van der Waals surface area contributed by atoms with E-state index in [1.807, 2.05) is 12.1 Å². The van der Waals surface area contributed by atoms with Crippen molar-refractivity contribution >= 4 is 5.69 Å². The molecule has 0 saturated carbocycles. The molecule has 2 heteroatoms. The molecule has 0 bridgehead atoms. The highest BCUT2D eigenvalue weighted by atomic mass is 16.3. The zero-order valence-corrected chi connectivity index (χ0v) is 12.7. The second-order valence-electron chi connectivity index (χ2n) is 5.51. The summed E-state index contributed by atoms with van der Waals surface area (Å²) in [6, 6.07) is 12.4. The smallest absolute Gasteiger partial charge is 0.0750 e. The van der Waals surface area contributed by atoms with Gasteiger partial charge in [-0.2, -0.15) is 0 Å². The first-order valence-electron chi connectivity index (χ1n) is 7.03. The van der Waals surface area contributed by atoms with E-state index in [2.05, 4.69) is 57.3 Å². The zero-order chi connectivity index (χ0) is 14.7. The van der Waals surface area contributed by atoms with Gasteiger partial charge in [-0.3, -0.25) is 0 Å². The molecule has 0 saturated heterocycles. The molecule has 2 aromatic rings. The van der Waals surface area contributed by atoms with Crippen LogP contribution in [0, 0.1) is 27.7 Å². The van der Waals surface area contributed by atoms with Gasteiger partial charge >= 0.3 is 0 Å². The van der Waals surface area contributed by atoms with Crippen LogP contribution in [0.1, 0.15) is 33.9 Å². The molecule has 0 aromatic heterocycles. The molecule has 0 heterocycles. The molecule has 0 aliphatic rings. The average molecular weight is 269 g/mol. The fourth-order valence-electron chi connectivity index (χ4n) is 2.87. The standard InChI is InChI=1S/C18H23NO/c1-12-9-14(3)18(15(4)10-12)17(11-20)19-16-8-6-5-7-13(16)2/h5-10,17,19-20H,11H2,1-4H3. The number of aliphatic hydroxyl groups excluding tert-OH is 1. The van der Waals surface area contributed by atoms with Crippen LogP contribution in [0.15, 0.2) is 36.4 Å². The molecule has 0 radical (unpaired) electrons. The fourth-order valence-corrected chi connectivity index (χ4v) is 2.87. The Morgan fingerprint density at radius 1 is 0.950 bits per heavy atom. The minimum absolute atomic E-state index is 0.0725. The molecule has 0 aliphatic heterocycles. The van der Waals surface area contributed by atoms with Gasteiger partial charge in [0.2, 0.25) is 0 Å². The summed E-state index contributed by atoms with van der Waals surface area (Å²) < 4.78 is 0. The second kappa shape index (κ2) is 6.10. The number of nitrogens with one attached hydrogen (secondary N) is 1. The molecule has 1 atom stereocenters. The highest BCUT2D eigenvalue weighted by Crippen LogP contribution is 2.27. The zero-order valence-electron chi connectivity index (χ0n) is 12.7. The van der Waals surface area contributed by atoms with E-state index in [1.165, 1.54) is 27.8 Å². The van der Waals surface area contributed by atoms with Crippen molar-refractivity contribution in [2.24, 2.45) is 0 Å². The number of anilines is 1. The predicted octanol–water partition coefficient (Wildman–Crippen LogP) is 4.07. The summed E-state index contributed by atoms with van der Waals surface area (Å²) in [5.41, 5.74) is 7.17. The lowest BCUT2D eigenvalue weighted by molar-refractivity contribution is 0.275. The molecule has 2 aromatic carbocycles. The first-order chi connectivity index (χ1) is 9.52. The van der Waals surface area contributed by atoms with Crippen molar-refractivity contribution in [3.8, 4) is 0 Å². The van der Waals surface area contributed by atoms with Gasteiger partial charge in [0.15, 0.2) is 0 Å². The third kappa shape index (κ3) is 3.02. The van der Waals surface area contributed by atoms with E-state index in [-0.39, 0.29) is 12.6 Å². The third-order valence-electron chi connectivity index (χ3n) is 3.74. The van der Waals surface area contributed by atoms with E-state index in [1.54, 1.807) is 0 Å². The minimum atomic E-state index is -0.0725. The van der Waals surface area contributed by atoms with E-state index in [0.717, 1.165) is 5.69 Å².